The first kappa shape index (κ1) is 15.4. The summed E-state index contributed by atoms with van der Waals surface area (Å²) in [4.78, 5) is 16.0. The van der Waals surface area contributed by atoms with Crippen LogP contribution in [-0.4, -0.2) is 23.3 Å². The molecule has 0 saturated carbocycles. The SMILES string of the molecule is CCC(CC)(CCl)CNC(=O)c1ccc(Br)cn1. The molecule has 1 aromatic rings. The Morgan fingerprint density at radius 1 is 1.44 bits per heavy atom. The lowest BCUT2D eigenvalue weighted by atomic mass is 9.84. The second-order valence-electron chi connectivity index (χ2n) is 4.39. The Bertz CT molecular complexity index is 382. The van der Waals surface area contributed by atoms with Gasteiger partial charge in [-0.1, -0.05) is 13.8 Å². The van der Waals surface area contributed by atoms with Crippen LogP contribution in [0.5, 0.6) is 0 Å². The lowest BCUT2D eigenvalue weighted by molar-refractivity contribution is 0.0927. The molecule has 0 fully saturated rings. The Hall–Kier alpha value is -0.610. The number of nitrogens with one attached hydrogen (secondary N) is 1. The summed E-state index contributed by atoms with van der Waals surface area (Å²) in [6, 6.07) is 3.50. The van der Waals surface area contributed by atoms with Crippen molar-refractivity contribution in [1.82, 2.24) is 10.3 Å². The van der Waals surface area contributed by atoms with Gasteiger partial charge in [0.25, 0.3) is 5.91 Å². The predicted molar refractivity (Wildman–Crippen MR) is 78.0 cm³/mol. The molecular formula is C13H18BrClN2O. The van der Waals surface area contributed by atoms with Crippen LogP contribution < -0.4 is 5.32 Å². The number of pyridine rings is 1. The molecule has 0 aliphatic carbocycles. The first-order valence-electron chi connectivity index (χ1n) is 6.02. The minimum Gasteiger partial charge on any atom is -0.350 e. The van der Waals surface area contributed by atoms with Gasteiger partial charge in [0.2, 0.25) is 0 Å². The van der Waals surface area contributed by atoms with Crippen molar-refractivity contribution < 1.29 is 4.79 Å². The molecule has 5 heteroatoms. The summed E-state index contributed by atoms with van der Waals surface area (Å²) in [6.07, 6.45) is 3.51. The normalized spacial score (nSPS) is 11.3. The van der Waals surface area contributed by atoms with Crippen LogP contribution in [0.25, 0.3) is 0 Å². The van der Waals surface area contributed by atoms with Crippen molar-refractivity contribution in [3.05, 3.63) is 28.5 Å². The third kappa shape index (κ3) is 3.95. The number of amides is 1. The summed E-state index contributed by atoms with van der Waals surface area (Å²) in [6.45, 7) is 4.77. The smallest absolute Gasteiger partial charge is 0.269 e. The van der Waals surface area contributed by atoms with Crippen LogP contribution in [0, 0.1) is 5.41 Å². The van der Waals surface area contributed by atoms with Gasteiger partial charge < -0.3 is 5.32 Å². The van der Waals surface area contributed by atoms with E-state index >= 15 is 0 Å². The third-order valence-corrected chi connectivity index (χ3v) is 4.40. The van der Waals surface area contributed by atoms with E-state index in [1.807, 2.05) is 0 Å². The molecule has 1 N–H and O–H groups in total. The fourth-order valence-electron chi connectivity index (χ4n) is 1.60. The number of aromatic nitrogens is 1. The van der Waals surface area contributed by atoms with Crippen molar-refractivity contribution in [3.63, 3.8) is 0 Å². The minimum absolute atomic E-state index is 0.0213. The first-order valence-corrected chi connectivity index (χ1v) is 7.35. The van der Waals surface area contributed by atoms with Gasteiger partial charge in [-0.2, -0.15) is 0 Å². The Balaban J connectivity index is 2.63. The van der Waals surface area contributed by atoms with E-state index in [2.05, 4.69) is 40.1 Å². The van der Waals surface area contributed by atoms with Crippen molar-refractivity contribution in [3.8, 4) is 0 Å². The molecule has 0 aliphatic heterocycles. The largest absolute Gasteiger partial charge is 0.350 e. The lowest BCUT2D eigenvalue weighted by Crippen LogP contribution is -2.38. The van der Waals surface area contributed by atoms with Gasteiger partial charge in [0.05, 0.1) is 0 Å². The highest BCUT2D eigenvalue weighted by Gasteiger charge is 2.25. The molecule has 1 aromatic heterocycles. The Labute approximate surface area is 121 Å². The average molecular weight is 334 g/mol. The van der Waals surface area contributed by atoms with E-state index in [4.69, 9.17) is 11.6 Å². The topological polar surface area (TPSA) is 42.0 Å². The lowest BCUT2D eigenvalue weighted by Gasteiger charge is -2.29. The highest BCUT2D eigenvalue weighted by molar-refractivity contribution is 9.10. The number of carbonyl (C=O) groups is 1. The van der Waals surface area contributed by atoms with Crippen LogP contribution in [0.2, 0.25) is 0 Å². The van der Waals surface area contributed by atoms with Crippen molar-refractivity contribution >= 4 is 33.4 Å². The van der Waals surface area contributed by atoms with Crippen molar-refractivity contribution in [2.75, 3.05) is 12.4 Å². The molecule has 1 heterocycles. The second-order valence-corrected chi connectivity index (χ2v) is 5.57. The van der Waals surface area contributed by atoms with Crippen molar-refractivity contribution in [2.45, 2.75) is 26.7 Å². The minimum atomic E-state index is -0.154. The van der Waals surface area contributed by atoms with Crippen LogP contribution >= 0.6 is 27.5 Å². The van der Waals surface area contributed by atoms with Crippen LogP contribution in [0.1, 0.15) is 37.2 Å². The maximum absolute atomic E-state index is 11.9. The molecule has 0 spiro atoms. The molecule has 0 radical (unpaired) electrons. The monoisotopic (exact) mass is 332 g/mol. The molecule has 0 aromatic carbocycles. The average Bonchev–Trinajstić information content (AvgIpc) is 2.41. The molecule has 0 bridgehead atoms. The van der Waals surface area contributed by atoms with Crippen LogP contribution in [-0.2, 0) is 0 Å². The van der Waals surface area contributed by atoms with E-state index < -0.39 is 0 Å². The Morgan fingerprint density at radius 2 is 2.11 bits per heavy atom. The van der Waals surface area contributed by atoms with Gasteiger partial charge in [-0.3, -0.25) is 4.79 Å². The summed E-state index contributed by atoms with van der Waals surface area (Å²) in [5, 5.41) is 2.91. The van der Waals surface area contributed by atoms with Gasteiger partial charge >= 0.3 is 0 Å². The summed E-state index contributed by atoms with van der Waals surface area (Å²) < 4.78 is 0.858. The van der Waals surface area contributed by atoms with E-state index in [0.29, 0.717) is 18.1 Å². The van der Waals surface area contributed by atoms with Crippen LogP contribution in [0.3, 0.4) is 0 Å². The van der Waals surface area contributed by atoms with Crippen LogP contribution in [0.15, 0.2) is 22.8 Å². The highest BCUT2D eigenvalue weighted by atomic mass is 79.9. The zero-order valence-electron chi connectivity index (χ0n) is 10.7. The van der Waals surface area contributed by atoms with Gasteiger partial charge in [-0.25, -0.2) is 4.98 Å². The van der Waals surface area contributed by atoms with Gasteiger partial charge in [0.1, 0.15) is 5.69 Å². The summed E-state index contributed by atoms with van der Waals surface area (Å²) in [5.74, 6) is 0.396. The molecule has 3 nitrogen and oxygen atoms in total. The van der Waals surface area contributed by atoms with E-state index in [9.17, 15) is 4.79 Å². The van der Waals surface area contributed by atoms with E-state index in [1.54, 1.807) is 18.3 Å². The van der Waals surface area contributed by atoms with Crippen LogP contribution in [0.4, 0.5) is 0 Å². The molecule has 0 saturated heterocycles. The summed E-state index contributed by atoms with van der Waals surface area (Å²) >= 11 is 9.29. The number of halogens is 2. The molecule has 18 heavy (non-hydrogen) atoms. The fourth-order valence-corrected chi connectivity index (χ4v) is 2.31. The maximum Gasteiger partial charge on any atom is 0.269 e. The number of carbonyl (C=O) groups excluding carboxylic acids is 1. The fraction of sp³-hybridized carbons (Fsp3) is 0.538. The van der Waals surface area contributed by atoms with Gasteiger partial charge in [0, 0.05) is 28.5 Å². The van der Waals surface area contributed by atoms with Crippen molar-refractivity contribution in [2.24, 2.45) is 5.41 Å². The molecule has 1 rings (SSSR count). The van der Waals surface area contributed by atoms with E-state index in [1.165, 1.54) is 0 Å². The number of hydrogen-bond acceptors (Lipinski definition) is 2. The van der Waals surface area contributed by atoms with Gasteiger partial charge in [0.15, 0.2) is 0 Å². The number of nitrogens with zero attached hydrogens (tertiary/aromatic N) is 1. The quantitative estimate of drug-likeness (QED) is 0.808. The number of rotatable bonds is 6. The van der Waals surface area contributed by atoms with Gasteiger partial charge in [-0.15, -0.1) is 11.6 Å². The van der Waals surface area contributed by atoms with Crippen molar-refractivity contribution in [1.29, 1.82) is 0 Å². The third-order valence-electron chi connectivity index (χ3n) is 3.37. The molecule has 0 aliphatic rings. The van der Waals surface area contributed by atoms with Gasteiger partial charge in [-0.05, 0) is 40.9 Å². The molecule has 0 atom stereocenters. The Morgan fingerprint density at radius 3 is 2.56 bits per heavy atom. The maximum atomic E-state index is 11.9. The highest BCUT2D eigenvalue weighted by Crippen LogP contribution is 2.26. The number of alkyl halides is 1. The summed E-state index contributed by atoms with van der Waals surface area (Å²) in [7, 11) is 0. The van der Waals surface area contributed by atoms with E-state index in [-0.39, 0.29) is 11.3 Å². The molecule has 100 valence electrons. The second kappa shape index (κ2) is 7.10. The Kier molecular flexibility index (Phi) is 6.09. The summed E-state index contributed by atoms with van der Waals surface area (Å²) in [5.41, 5.74) is 0.404. The predicted octanol–water partition coefficient (Wildman–Crippen LogP) is 3.62. The number of hydrogen-bond donors (Lipinski definition) is 1. The first-order chi connectivity index (χ1) is 8.56. The molecular weight excluding hydrogens is 316 g/mol. The molecule has 1 amide bonds. The standard InChI is InChI=1S/C13H18BrClN2O/c1-3-13(4-2,8-15)9-17-12(18)11-6-5-10(14)7-16-11/h5-7H,3-4,8-9H2,1-2H3,(H,17,18). The molecule has 0 unspecified atom stereocenters. The zero-order valence-corrected chi connectivity index (χ0v) is 13.0. The van der Waals surface area contributed by atoms with E-state index in [0.717, 1.165) is 17.3 Å². The zero-order chi connectivity index (χ0) is 13.6.